The second-order valence-electron chi connectivity index (χ2n) is 20.8. The smallest absolute Gasteiger partial charge is 0.456 e. The monoisotopic (exact) mass is 956 g/mol. The van der Waals surface area contributed by atoms with Crippen molar-refractivity contribution in [3.63, 3.8) is 0 Å². The van der Waals surface area contributed by atoms with Crippen molar-refractivity contribution >= 4 is 19.7 Å². The van der Waals surface area contributed by atoms with Gasteiger partial charge >= 0.3 is 13.8 Å². The second kappa shape index (κ2) is 47.4. The number of allylic oxidation sites excluding steroid dienone is 1. The molecule has 0 aliphatic carbocycles. The number of quaternary nitrogens is 1. The van der Waals surface area contributed by atoms with Gasteiger partial charge in [-0.2, -0.15) is 0 Å². The molecule has 66 heavy (non-hydrogen) atoms. The summed E-state index contributed by atoms with van der Waals surface area (Å²) in [6, 6.07) is -0.837. The molecule has 0 radical (unpaired) electrons. The molecule has 0 bridgehead atoms. The van der Waals surface area contributed by atoms with Crippen LogP contribution in [0.25, 0.3) is 0 Å². The van der Waals surface area contributed by atoms with Crippen LogP contribution in [0, 0.1) is 0 Å². The molecule has 0 aromatic rings. The van der Waals surface area contributed by atoms with Crippen LogP contribution in [0.3, 0.4) is 0 Å². The van der Waals surface area contributed by atoms with Crippen LogP contribution in [-0.2, 0) is 27.9 Å². The van der Waals surface area contributed by atoms with E-state index in [1.165, 1.54) is 193 Å². The van der Waals surface area contributed by atoms with Gasteiger partial charge in [-0.05, 0) is 31.8 Å². The molecule has 0 rings (SSSR count). The highest BCUT2D eigenvalue weighted by atomic mass is 31.2. The molecule has 0 aliphatic heterocycles. The summed E-state index contributed by atoms with van der Waals surface area (Å²) in [6.07, 6.45) is 51.9. The van der Waals surface area contributed by atoms with Gasteiger partial charge in [0.05, 0.1) is 33.8 Å². The fourth-order valence-electron chi connectivity index (χ4n) is 8.53. The standard InChI is InChI=1S/C56H111N2O7P/c1-7-10-13-16-19-22-25-28-29-31-33-36-39-42-45-48-55(59)57-53(52-64-66(61,62)63-51-50-58(4,5)6)54(47-44-41-38-35-32-27-24-21-18-15-12-9-3)65-56(60)49-46-43-40-37-34-30-26-23-20-17-14-11-8-2/h44,47,53-54H,7-43,45-46,48-52H2,1-6H3,(H-,57,59,61,62)/p+1/b47-44+. The average Bonchev–Trinajstić information content (AvgIpc) is 3.27. The van der Waals surface area contributed by atoms with Crippen molar-refractivity contribution < 1.29 is 37.3 Å². The van der Waals surface area contributed by atoms with Gasteiger partial charge in [0.2, 0.25) is 5.91 Å². The Bertz CT molecular complexity index is 1150. The lowest BCUT2D eigenvalue weighted by Crippen LogP contribution is -2.47. The summed E-state index contributed by atoms with van der Waals surface area (Å²) in [5.41, 5.74) is 0. The van der Waals surface area contributed by atoms with Gasteiger partial charge in [0, 0.05) is 12.8 Å². The van der Waals surface area contributed by atoms with Gasteiger partial charge in [-0.15, -0.1) is 0 Å². The first-order valence-electron chi connectivity index (χ1n) is 28.5. The lowest BCUT2D eigenvalue weighted by Gasteiger charge is -2.27. The molecule has 0 spiro atoms. The molecule has 0 heterocycles. The Morgan fingerprint density at radius 2 is 0.864 bits per heavy atom. The minimum Gasteiger partial charge on any atom is -0.456 e. The average molecular weight is 956 g/mol. The van der Waals surface area contributed by atoms with E-state index < -0.39 is 20.0 Å². The summed E-state index contributed by atoms with van der Waals surface area (Å²) in [5, 5.41) is 3.05. The number of ether oxygens (including phenoxy) is 1. The number of nitrogens with zero attached hydrogens (tertiary/aromatic N) is 1. The first kappa shape index (κ1) is 64.8. The van der Waals surface area contributed by atoms with Crippen molar-refractivity contribution in [3.8, 4) is 0 Å². The van der Waals surface area contributed by atoms with Gasteiger partial charge in [0.1, 0.15) is 19.3 Å². The first-order valence-corrected chi connectivity index (χ1v) is 30.0. The summed E-state index contributed by atoms with van der Waals surface area (Å²) in [6.45, 7) is 7.04. The topological polar surface area (TPSA) is 111 Å². The lowest BCUT2D eigenvalue weighted by atomic mass is 10.0. The van der Waals surface area contributed by atoms with E-state index in [0.29, 0.717) is 23.9 Å². The molecule has 0 saturated heterocycles. The maximum atomic E-state index is 13.5. The van der Waals surface area contributed by atoms with Crippen molar-refractivity contribution in [1.82, 2.24) is 5.32 Å². The Labute approximate surface area is 410 Å². The fourth-order valence-corrected chi connectivity index (χ4v) is 9.27. The molecule has 3 atom stereocenters. The Kier molecular flexibility index (Phi) is 46.5. The molecule has 0 aliphatic rings. The van der Waals surface area contributed by atoms with Gasteiger partial charge in [0.25, 0.3) is 0 Å². The number of carbonyl (C=O) groups excluding carboxylic acids is 2. The highest BCUT2D eigenvalue weighted by molar-refractivity contribution is 7.47. The predicted molar refractivity (Wildman–Crippen MR) is 282 cm³/mol. The van der Waals surface area contributed by atoms with Crippen molar-refractivity contribution in [2.24, 2.45) is 0 Å². The highest BCUT2D eigenvalue weighted by Gasteiger charge is 2.30. The third-order valence-electron chi connectivity index (χ3n) is 13.0. The number of rotatable bonds is 52. The van der Waals surface area contributed by atoms with Crippen molar-refractivity contribution in [2.75, 3.05) is 40.9 Å². The predicted octanol–water partition coefficient (Wildman–Crippen LogP) is 16.8. The summed E-state index contributed by atoms with van der Waals surface area (Å²) in [4.78, 5) is 37.5. The number of phosphoric ester groups is 1. The second-order valence-corrected chi connectivity index (χ2v) is 22.3. The minimum absolute atomic E-state index is 0.0454. The van der Waals surface area contributed by atoms with Crippen LogP contribution in [0.1, 0.15) is 284 Å². The van der Waals surface area contributed by atoms with Gasteiger partial charge in [-0.25, -0.2) is 4.57 Å². The van der Waals surface area contributed by atoms with Gasteiger partial charge in [0.15, 0.2) is 0 Å². The van der Waals surface area contributed by atoms with E-state index in [1.54, 1.807) is 0 Å². The molecule has 0 aromatic heterocycles. The molecule has 1 amide bonds. The Morgan fingerprint density at radius 3 is 1.24 bits per heavy atom. The molecule has 9 nitrogen and oxygen atoms in total. The van der Waals surface area contributed by atoms with Gasteiger partial charge in [-0.3, -0.25) is 18.6 Å². The molecule has 10 heteroatoms. The van der Waals surface area contributed by atoms with E-state index in [-0.39, 0.29) is 25.1 Å². The number of nitrogens with one attached hydrogen (secondary N) is 1. The summed E-state index contributed by atoms with van der Waals surface area (Å²) in [5.74, 6) is -0.489. The zero-order valence-electron chi connectivity index (χ0n) is 44.7. The molecule has 392 valence electrons. The van der Waals surface area contributed by atoms with Crippen LogP contribution < -0.4 is 5.32 Å². The molecule has 3 unspecified atom stereocenters. The summed E-state index contributed by atoms with van der Waals surface area (Å²) in [7, 11) is 1.51. The van der Waals surface area contributed by atoms with Crippen molar-refractivity contribution in [1.29, 1.82) is 0 Å². The molecule has 0 saturated carbocycles. The Balaban J connectivity index is 5.32. The van der Waals surface area contributed by atoms with Crippen molar-refractivity contribution in [3.05, 3.63) is 12.2 Å². The fraction of sp³-hybridized carbons (Fsp3) is 0.929. The lowest BCUT2D eigenvalue weighted by molar-refractivity contribution is -0.870. The zero-order chi connectivity index (χ0) is 48.7. The molecular weight excluding hydrogens is 844 g/mol. The summed E-state index contributed by atoms with van der Waals surface area (Å²) < 4.78 is 30.6. The van der Waals surface area contributed by atoms with Gasteiger partial charge < -0.3 is 19.4 Å². The number of esters is 1. The van der Waals surface area contributed by atoms with Crippen LogP contribution in [0.4, 0.5) is 0 Å². The van der Waals surface area contributed by atoms with Gasteiger partial charge in [-0.1, -0.05) is 252 Å². The SMILES string of the molecule is CCCCCCCCCCCC/C=C/C(OC(=O)CCCCCCCCCCCCCCC)C(COP(=O)(O)OCC[N+](C)(C)C)NC(=O)CCCCCCCCCCCCCCCCC. The van der Waals surface area contributed by atoms with E-state index in [9.17, 15) is 19.0 Å². The number of phosphoric acid groups is 1. The van der Waals surface area contributed by atoms with Crippen LogP contribution in [0.5, 0.6) is 0 Å². The van der Waals surface area contributed by atoms with E-state index in [4.69, 9.17) is 13.8 Å². The Hall–Kier alpha value is -1.25. The van der Waals surface area contributed by atoms with Crippen molar-refractivity contribution in [2.45, 2.75) is 296 Å². The molecule has 2 N–H and O–H groups in total. The maximum Gasteiger partial charge on any atom is 0.472 e. The van der Waals surface area contributed by atoms with Crippen LogP contribution in [-0.4, -0.2) is 74.3 Å². The third-order valence-corrected chi connectivity index (χ3v) is 14.0. The quantitative estimate of drug-likeness (QED) is 0.0205. The normalized spacial score (nSPS) is 13.9. The number of unbranched alkanes of at least 4 members (excludes halogenated alkanes) is 36. The van der Waals surface area contributed by atoms with E-state index in [0.717, 1.165) is 57.8 Å². The number of hydrogen-bond acceptors (Lipinski definition) is 6. The summed E-state index contributed by atoms with van der Waals surface area (Å²) >= 11 is 0. The van der Waals surface area contributed by atoms with Crippen LogP contribution >= 0.6 is 7.82 Å². The number of likely N-dealkylation sites (N-methyl/N-ethyl adjacent to an activating group) is 1. The third kappa shape index (κ3) is 47.8. The number of carbonyl (C=O) groups is 2. The van der Waals surface area contributed by atoms with E-state index >= 15 is 0 Å². The first-order chi connectivity index (χ1) is 31.9. The van der Waals surface area contributed by atoms with E-state index in [1.807, 2.05) is 33.3 Å². The number of amides is 1. The molecule has 0 aromatic carbocycles. The molecule has 0 fully saturated rings. The van der Waals surface area contributed by atoms with Crippen LogP contribution in [0.2, 0.25) is 0 Å². The largest absolute Gasteiger partial charge is 0.472 e. The number of hydrogen-bond donors (Lipinski definition) is 2. The van der Waals surface area contributed by atoms with Crippen LogP contribution in [0.15, 0.2) is 12.2 Å². The highest BCUT2D eigenvalue weighted by Crippen LogP contribution is 2.43. The zero-order valence-corrected chi connectivity index (χ0v) is 45.6. The minimum atomic E-state index is -4.43. The van der Waals surface area contributed by atoms with E-state index in [2.05, 4.69) is 26.1 Å². The maximum absolute atomic E-state index is 13.5. The Morgan fingerprint density at radius 1 is 0.515 bits per heavy atom. The molecular formula is C56H112N2O7P+.